The Morgan fingerprint density at radius 2 is 1.88 bits per heavy atom. The lowest BCUT2D eigenvalue weighted by Crippen LogP contribution is -2.55. The molecule has 0 aromatic heterocycles. The Morgan fingerprint density at radius 3 is 2.48 bits per heavy atom. The number of carbonyl (C=O) groups is 2. The highest BCUT2D eigenvalue weighted by molar-refractivity contribution is 6.00. The molecule has 0 aromatic carbocycles. The number of rotatable bonds is 3. The maximum atomic E-state index is 12.7. The van der Waals surface area contributed by atoms with Gasteiger partial charge in [0.1, 0.15) is 18.3 Å². The zero-order chi connectivity index (χ0) is 18.6. The first-order valence-corrected chi connectivity index (χ1v) is 9.31. The molecule has 3 aliphatic rings. The molecule has 0 aromatic rings. The van der Waals surface area contributed by atoms with E-state index in [0.717, 1.165) is 24.8 Å². The van der Waals surface area contributed by atoms with Crippen LogP contribution >= 0.6 is 0 Å². The van der Waals surface area contributed by atoms with Gasteiger partial charge in [-0.1, -0.05) is 32.8 Å². The molecule has 0 radical (unpaired) electrons. The molecular formula is C20H30O5. The molecule has 1 heterocycles. The van der Waals surface area contributed by atoms with E-state index < -0.39 is 11.7 Å². The van der Waals surface area contributed by atoms with Gasteiger partial charge in [-0.25, -0.2) is 0 Å². The van der Waals surface area contributed by atoms with E-state index in [2.05, 4.69) is 20.8 Å². The van der Waals surface area contributed by atoms with Crippen molar-refractivity contribution in [2.45, 2.75) is 77.9 Å². The molecule has 1 saturated heterocycles. The van der Waals surface area contributed by atoms with Crippen molar-refractivity contribution in [1.82, 2.24) is 0 Å². The van der Waals surface area contributed by atoms with Crippen LogP contribution in [0.1, 0.15) is 66.2 Å². The van der Waals surface area contributed by atoms with Gasteiger partial charge in [0.2, 0.25) is 0 Å². The van der Waals surface area contributed by atoms with Crippen LogP contribution in [0.3, 0.4) is 0 Å². The molecule has 0 unspecified atom stereocenters. The molecule has 2 N–H and O–H groups in total. The van der Waals surface area contributed by atoms with Crippen LogP contribution in [0.25, 0.3) is 0 Å². The molecule has 1 saturated carbocycles. The number of hydrogen-bond donors (Lipinski definition) is 2. The van der Waals surface area contributed by atoms with Crippen molar-refractivity contribution in [1.29, 1.82) is 0 Å². The summed E-state index contributed by atoms with van der Waals surface area (Å²) in [6.07, 6.45) is 3.01. The predicted molar refractivity (Wildman–Crippen MR) is 92.7 cm³/mol. The van der Waals surface area contributed by atoms with Crippen molar-refractivity contribution in [2.24, 2.45) is 16.7 Å². The monoisotopic (exact) mass is 350 g/mol. The molecule has 2 aliphatic carbocycles. The summed E-state index contributed by atoms with van der Waals surface area (Å²) in [5.74, 6) is -0.666. The Bertz CT molecular complexity index is 634. The van der Waals surface area contributed by atoms with Crippen molar-refractivity contribution in [3.63, 3.8) is 0 Å². The summed E-state index contributed by atoms with van der Waals surface area (Å²) in [5, 5.41) is 21.3. The van der Waals surface area contributed by atoms with Crippen LogP contribution < -0.4 is 0 Å². The van der Waals surface area contributed by atoms with Gasteiger partial charge in [0.25, 0.3) is 0 Å². The molecule has 140 valence electrons. The number of cyclic esters (lactones) is 1. The van der Waals surface area contributed by atoms with Crippen LogP contribution in [0.4, 0.5) is 0 Å². The van der Waals surface area contributed by atoms with Gasteiger partial charge in [0, 0.05) is 5.92 Å². The van der Waals surface area contributed by atoms with E-state index >= 15 is 0 Å². The van der Waals surface area contributed by atoms with E-state index in [4.69, 9.17) is 4.74 Å². The number of carbonyl (C=O) groups excluding carboxylic acids is 2. The molecule has 0 bridgehead atoms. The van der Waals surface area contributed by atoms with Crippen molar-refractivity contribution in [3.8, 4) is 0 Å². The zero-order valence-electron chi connectivity index (χ0n) is 15.7. The largest absolute Gasteiger partial charge is 0.463 e. The van der Waals surface area contributed by atoms with Crippen molar-refractivity contribution >= 4 is 11.8 Å². The number of Topliss-reactive ketones (excluding diaryl/α,β-unsaturated/α-hetero) is 1. The van der Waals surface area contributed by atoms with Gasteiger partial charge in [-0.2, -0.15) is 0 Å². The first-order valence-electron chi connectivity index (χ1n) is 9.31. The van der Waals surface area contributed by atoms with E-state index in [0.29, 0.717) is 18.4 Å². The van der Waals surface area contributed by atoms with Crippen molar-refractivity contribution in [3.05, 3.63) is 11.1 Å². The average molecular weight is 350 g/mol. The van der Waals surface area contributed by atoms with Crippen LogP contribution in [-0.4, -0.2) is 40.3 Å². The second-order valence-corrected chi connectivity index (χ2v) is 9.21. The topological polar surface area (TPSA) is 83.8 Å². The first-order chi connectivity index (χ1) is 11.5. The number of aliphatic hydroxyl groups excluding tert-OH is 1. The highest BCUT2D eigenvalue weighted by Gasteiger charge is 2.56. The van der Waals surface area contributed by atoms with Gasteiger partial charge in [0.15, 0.2) is 5.78 Å². The van der Waals surface area contributed by atoms with Crippen molar-refractivity contribution < 1.29 is 24.5 Å². The maximum Gasteiger partial charge on any atom is 0.308 e. The Hall–Kier alpha value is -1.20. The van der Waals surface area contributed by atoms with Gasteiger partial charge in [-0.3, -0.25) is 9.59 Å². The standard InChI is InChI=1S/C20H30O5/c1-12-13(6-9-20(24)10-14(21)25-11-20)19(4)8-5-7-18(2,3)17(19)16(23)15(12)22/h16-17,23-24H,5-11H2,1-4H3/t16-,17+,19-,20+/m1/s1. The third-order valence-corrected chi connectivity index (χ3v) is 6.96. The fraction of sp³-hybridized carbons (Fsp3) is 0.800. The van der Waals surface area contributed by atoms with E-state index in [-0.39, 0.29) is 41.5 Å². The number of ether oxygens (including phenoxy) is 1. The minimum atomic E-state index is -1.14. The number of esters is 1. The number of aliphatic hydroxyl groups is 2. The Balaban J connectivity index is 1.93. The van der Waals surface area contributed by atoms with Gasteiger partial charge in [-0.05, 0) is 49.0 Å². The number of hydrogen-bond acceptors (Lipinski definition) is 5. The second kappa shape index (κ2) is 5.92. The van der Waals surface area contributed by atoms with Crippen LogP contribution in [0.5, 0.6) is 0 Å². The van der Waals surface area contributed by atoms with Gasteiger partial charge in [0.05, 0.1) is 6.42 Å². The van der Waals surface area contributed by atoms with Gasteiger partial charge >= 0.3 is 5.97 Å². The fourth-order valence-corrected chi connectivity index (χ4v) is 5.73. The van der Waals surface area contributed by atoms with Crippen LogP contribution in [0, 0.1) is 16.7 Å². The lowest BCUT2D eigenvalue weighted by Gasteiger charge is -2.56. The fourth-order valence-electron chi connectivity index (χ4n) is 5.73. The predicted octanol–water partition coefficient (Wildman–Crippen LogP) is 2.54. The number of ketones is 1. The van der Waals surface area contributed by atoms with Crippen LogP contribution in [0.15, 0.2) is 11.1 Å². The van der Waals surface area contributed by atoms with E-state index in [9.17, 15) is 19.8 Å². The molecule has 5 nitrogen and oxygen atoms in total. The molecule has 4 atom stereocenters. The second-order valence-electron chi connectivity index (χ2n) is 9.21. The highest BCUT2D eigenvalue weighted by atomic mass is 16.6. The minimum absolute atomic E-state index is 0.0154. The summed E-state index contributed by atoms with van der Waals surface area (Å²) in [4.78, 5) is 24.1. The average Bonchev–Trinajstić information content (AvgIpc) is 2.83. The van der Waals surface area contributed by atoms with Gasteiger partial charge in [-0.15, -0.1) is 0 Å². The molecule has 3 rings (SSSR count). The Labute approximate surface area is 149 Å². The number of allylic oxidation sites excluding steroid dienone is 1. The normalized spacial score (nSPS) is 40.9. The molecule has 5 heteroatoms. The summed E-state index contributed by atoms with van der Waals surface area (Å²) in [6.45, 7) is 8.26. The smallest absolute Gasteiger partial charge is 0.308 e. The summed E-state index contributed by atoms with van der Waals surface area (Å²) < 4.78 is 4.93. The first kappa shape index (κ1) is 18.6. The lowest BCUT2D eigenvalue weighted by atomic mass is 9.48. The molecular weight excluding hydrogens is 320 g/mol. The van der Waals surface area contributed by atoms with Gasteiger partial charge < -0.3 is 14.9 Å². The Morgan fingerprint density at radius 1 is 1.20 bits per heavy atom. The third kappa shape index (κ3) is 2.95. The van der Waals surface area contributed by atoms with E-state index in [1.54, 1.807) is 6.92 Å². The van der Waals surface area contributed by atoms with Crippen LogP contribution in [-0.2, 0) is 14.3 Å². The van der Waals surface area contributed by atoms with E-state index in [1.807, 2.05) is 0 Å². The summed E-state index contributed by atoms with van der Waals surface area (Å²) >= 11 is 0. The molecule has 0 spiro atoms. The Kier molecular flexibility index (Phi) is 4.40. The highest BCUT2D eigenvalue weighted by Crippen LogP contribution is 2.59. The summed E-state index contributed by atoms with van der Waals surface area (Å²) in [5.41, 5.74) is 0.182. The minimum Gasteiger partial charge on any atom is -0.463 e. The third-order valence-electron chi connectivity index (χ3n) is 6.96. The number of fused-ring (bicyclic) bond motifs is 1. The van der Waals surface area contributed by atoms with Crippen LogP contribution in [0.2, 0.25) is 0 Å². The molecule has 25 heavy (non-hydrogen) atoms. The maximum absolute atomic E-state index is 12.7. The molecule has 2 fully saturated rings. The zero-order valence-corrected chi connectivity index (χ0v) is 15.7. The summed E-state index contributed by atoms with van der Waals surface area (Å²) in [7, 11) is 0. The van der Waals surface area contributed by atoms with E-state index in [1.165, 1.54) is 0 Å². The van der Waals surface area contributed by atoms with Crippen molar-refractivity contribution in [2.75, 3.05) is 6.61 Å². The SMILES string of the molecule is CC1=C(CC[C@@]2(O)COC(=O)C2)[C@@]2(C)CCCC(C)(C)[C@@H]2[C@H](O)C1=O. The molecule has 0 amide bonds. The summed E-state index contributed by atoms with van der Waals surface area (Å²) in [6, 6.07) is 0. The molecule has 1 aliphatic heterocycles. The lowest BCUT2D eigenvalue weighted by molar-refractivity contribution is -0.140. The quantitative estimate of drug-likeness (QED) is 0.764.